The Morgan fingerprint density at radius 2 is 1.72 bits per heavy atom. The van der Waals surface area contributed by atoms with Gasteiger partial charge in [0.2, 0.25) is 11.8 Å². The van der Waals surface area contributed by atoms with Gasteiger partial charge in [-0.05, 0) is 49.4 Å². The average molecular weight is 456 g/mol. The number of nitrogens with zero attached hydrogens (tertiary/aromatic N) is 1. The molecule has 5 nitrogen and oxygen atoms in total. The van der Waals surface area contributed by atoms with Gasteiger partial charge in [0.1, 0.15) is 5.75 Å². The summed E-state index contributed by atoms with van der Waals surface area (Å²) < 4.78 is 6.65. The van der Waals surface area contributed by atoms with E-state index in [4.69, 9.17) is 4.74 Å². The first-order chi connectivity index (χ1) is 14.0. The number of imide groups is 1. The summed E-state index contributed by atoms with van der Waals surface area (Å²) in [5.41, 5.74) is 0.965. The van der Waals surface area contributed by atoms with Crippen molar-refractivity contribution in [2.75, 3.05) is 11.5 Å². The fourth-order valence-electron chi connectivity index (χ4n) is 4.25. The van der Waals surface area contributed by atoms with E-state index in [9.17, 15) is 14.4 Å². The first-order valence-corrected chi connectivity index (χ1v) is 10.6. The van der Waals surface area contributed by atoms with Crippen LogP contribution >= 0.6 is 15.9 Å². The molecule has 2 fully saturated rings. The van der Waals surface area contributed by atoms with Crippen molar-refractivity contribution < 1.29 is 19.1 Å². The fourth-order valence-corrected chi connectivity index (χ4v) is 4.52. The van der Waals surface area contributed by atoms with E-state index in [1.807, 2.05) is 0 Å². The van der Waals surface area contributed by atoms with E-state index >= 15 is 0 Å². The van der Waals surface area contributed by atoms with E-state index in [0.29, 0.717) is 22.9 Å². The summed E-state index contributed by atoms with van der Waals surface area (Å²) in [5, 5.41) is 0. The van der Waals surface area contributed by atoms with Crippen molar-refractivity contribution in [1.29, 1.82) is 0 Å². The fraction of sp³-hybridized carbons (Fsp3) is 0.348. The Morgan fingerprint density at radius 1 is 1.03 bits per heavy atom. The van der Waals surface area contributed by atoms with Crippen molar-refractivity contribution in [3.63, 3.8) is 0 Å². The highest BCUT2D eigenvalue weighted by molar-refractivity contribution is 9.10. The number of fused-ring (bicyclic) bond motifs is 1. The van der Waals surface area contributed by atoms with E-state index in [1.54, 1.807) is 48.5 Å². The molecule has 150 valence electrons. The zero-order chi connectivity index (χ0) is 20.5. The molecule has 2 aromatic carbocycles. The van der Waals surface area contributed by atoms with Gasteiger partial charge in [-0.1, -0.05) is 47.1 Å². The molecule has 2 aliphatic rings. The Kier molecular flexibility index (Phi) is 5.54. The summed E-state index contributed by atoms with van der Waals surface area (Å²) in [5.74, 6) is -0.146. The minimum absolute atomic E-state index is 0.151. The number of carbonyl (C=O) groups excluding carboxylic acids is 3. The summed E-state index contributed by atoms with van der Waals surface area (Å²) in [6.45, 7) is 1.96. The lowest BCUT2D eigenvalue weighted by molar-refractivity contribution is -0.122. The van der Waals surface area contributed by atoms with Gasteiger partial charge in [0, 0.05) is 10.0 Å². The quantitative estimate of drug-likeness (QED) is 0.486. The van der Waals surface area contributed by atoms with Crippen LogP contribution in [0.2, 0.25) is 0 Å². The van der Waals surface area contributed by atoms with E-state index in [2.05, 4.69) is 22.9 Å². The molecule has 0 spiro atoms. The van der Waals surface area contributed by atoms with Gasteiger partial charge in [0.25, 0.3) is 0 Å². The number of carbonyl (C=O) groups is 3. The zero-order valence-corrected chi connectivity index (χ0v) is 17.7. The lowest BCUT2D eigenvalue weighted by atomic mass is 9.76. The SMILES string of the molecule is C[C@@H]1CC[C@@H]2C(=O)N(c3ccccc3OCC(=O)c3ccc(Br)cc3)C(=O)[C@H]2C1. The van der Waals surface area contributed by atoms with Gasteiger partial charge in [-0.25, -0.2) is 4.90 Å². The van der Waals surface area contributed by atoms with Gasteiger partial charge < -0.3 is 4.74 Å². The molecule has 2 aromatic rings. The van der Waals surface area contributed by atoms with Gasteiger partial charge in [-0.15, -0.1) is 0 Å². The van der Waals surface area contributed by atoms with Gasteiger partial charge in [-0.2, -0.15) is 0 Å². The van der Waals surface area contributed by atoms with Crippen LogP contribution in [0, 0.1) is 17.8 Å². The first-order valence-electron chi connectivity index (χ1n) is 9.84. The molecule has 1 saturated carbocycles. The van der Waals surface area contributed by atoms with E-state index in [0.717, 1.165) is 23.7 Å². The molecule has 0 N–H and O–H groups in total. The second kappa shape index (κ2) is 8.11. The molecule has 1 aliphatic carbocycles. The number of para-hydroxylation sites is 2. The number of hydrogen-bond donors (Lipinski definition) is 0. The largest absolute Gasteiger partial charge is 0.483 e. The lowest BCUT2D eigenvalue weighted by Crippen LogP contribution is -2.31. The molecule has 2 amide bonds. The van der Waals surface area contributed by atoms with Crippen LogP contribution in [0.15, 0.2) is 53.0 Å². The standard InChI is InChI=1S/C23H22BrNO4/c1-14-6-11-17-18(12-14)23(28)25(22(17)27)19-4-2-3-5-21(19)29-13-20(26)15-7-9-16(24)10-8-15/h2-5,7-10,14,17-18H,6,11-13H2,1H3/t14-,17+,18+/m1/s1. The minimum atomic E-state index is -0.247. The number of benzene rings is 2. The molecule has 4 rings (SSSR count). The second-order valence-electron chi connectivity index (χ2n) is 7.83. The topological polar surface area (TPSA) is 63.7 Å². The Bertz CT molecular complexity index is 956. The third kappa shape index (κ3) is 3.86. The summed E-state index contributed by atoms with van der Waals surface area (Å²) in [6.07, 6.45) is 2.46. The van der Waals surface area contributed by atoms with Gasteiger partial charge >= 0.3 is 0 Å². The van der Waals surface area contributed by atoms with Crippen LogP contribution in [0.1, 0.15) is 36.5 Å². The van der Waals surface area contributed by atoms with Crippen LogP contribution in [0.4, 0.5) is 5.69 Å². The van der Waals surface area contributed by atoms with Crippen molar-refractivity contribution >= 4 is 39.2 Å². The van der Waals surface area contributed by atoms with Gasteiger partial charge in [0.15, 0.2) is 12.4 Å². The molecule has 6 heteroatoms. The third-order valence-electron chi connectivity index (χ3n) is 5.82. The second-order valence-corrected chi connectivity index (χ2v) is 8.75. The van der Waals surface area contributed by atoms with Crippen LogP contribution in [0.3, 0.4) is 0 Å². The highest BCUT2D eigenvalue weighted by atomic mass is 79.9. The predicted octanol–water partition coefficient (Wildman–Crippen LogP) is 4.64. The number of Topliss-reactive ketones (excluding diaryl/α,β-unsaturated/α-hetero) is 1. The number of rotatable bonds is 5. The molecule has 0 unspecified atom stereocenters. The highest BCUT2D eigenvalue weighted by Gasteiger charge is 2.50. The van der Waals surface area contributed by atoms with Crippen LogP contribution in [-0.4, -0.2) is 24.2 Å². The Labute approximate surface area is 178 Å². The van der Waals surface area contributed by atoms with Crippen molar-refractivity contribution in [2.45, 2.75) is 26.2 Å². The van der Waals surface area contributed by atoms with E-state index in [-0.39, 0.29) is 36.0 Å². The number of anilines is 1. The molecule has 1 heterocycles. The van der Waals surface area contributed by atoms with Crippen LogP contribution < -0.4 is 9.64 Å². The summed E-state index contributed by atoms with van der Waals surface area (Å²) in [4.78, 5) is 39.7. The lowest BCUT2D eigenvalue weighted by Gasteiger charge is -2.25. The monoisotopic (exact) mass is 455 g/mol. The number of ether oxygens (including phenoxy) is 1. The van der Waals surface area contributed by atoms with Gasteiger partial charge in [0.05, 0.1) is 17.5 Å². The summed E-state index contributed by atoms with van der Waals surface area (Å²) in [6, 6.07) is 14.0. The number of halogens is 1. The molecule has 1 saturated heterocycles. The number of amides is 2. The predicted molar refractivity (Wildman–Crippen MR) is 113 cm³/mol. The Hall–Kier alpha value is -2.47. The maximum Gasteiger partial charge on any atom is 0.237 e. The molecule has 0 aromatic heterocycles. The average Bonchev–Trinajstić information content (AvgIpc) is 2.96. The van der Waals surface area contributed by atoms with E-state index < -0.39 is 0 Å². The summed E-state index contributed by atoms with van der Waals surface area (Å²) in [7, 11) is 0. The molecular formula is C23H22BrNO4. The Balaban J connectivity index is 1.54. The normalized spacial score (nSPS) is 23.8. The molecular weight excluding hydrogens is 434 g/mol. The van der Waals surface area contributed by atoms with E-state index in [1.165, 1.54) is 4.90 Å². The zero-order valence-electron chi connectivity index (χ0n) is 16.1. The summed E-state index contributed by atoms with van der Waals surface area (Å²) >= 11 is 3.35. The minimum Gasteiger partial charge on any atom is -0.483 e. The number of hydrogen-bond acceptors (Lipinski definition) is 4. The third-order valence-corrected chi connectivity index (χ3v) is 6.35. The maximum atomic E-state index is 13.0. The molecule has 1 aliphatic heterocycles. The van der Waals surface area contributed by atoms with Crippen molar-refractivity contribution in [3.05, 3.63) is 58.6 Å². The molecule has 3 atom stereocenters. The van der Waals surface area contributed by atoms with Crippen molar-refractivity contribution in [3.8, 4) is 5.75 Å². The number of ketones is 1. The first kappa shape index (κ1) is 19.8. The van der Waals surface area contributed by atoms with Crippen molar-refractivity contribution in [1.82, 2.24) is 0 Å². The van der Waals surface area contributed by atoms with Crippen molar-refractivity contribution in [2.24, 2.45) is 17.8 Å². The molecule has 0 bridgehead atoms. The molecule has 0 radical (unpaired) electrons. The van der Waals surface area contributed by atoms with Crippen LogP contribution in [0.25, 0.3) is 0 Å². The molecule has 29 heavy (non-hydrogen) atoms. The van der Waals surface area contributed by atoms with Gasteiger partial charge in [-0.3, -0.25) is 14.4 Å². The highest BCUT2D eigenvalue weighted by Crippen LogP contribution is 2.44. The maximum absolute atomic E-state index is 13.0. The Morgan fingerprint density at radius 3 is 2.48 bits per heavy atom. The smallest absolute Gasteiger partial charge is 0.237 e. The van der Waals surface area contributed by atoms with Crippen LogP contribution in [0.5, 0.6) is 5.75 Å². The van der Waals surface area contributed by atoms with Crippen LogP contribution in [-0.2, 0) is 9.59 Å².